The van der Waals surface area contributed by atoms with E-state index in [1.165, 1.54) is 6.34 Å². The molecule has 4 heteroatoms. The molecule has 4 nitrogen and oxygen atoms in total. The van der Waals surface area contributed by atoms with Gasteiger partial charge in [0.2, 0.25) is 5.84 Å². The highest BCUT2D eigenvalue weighted by Gasteiger charge is 2.10. The van der Waals surface area contributed by atoms with Crippen molar-refractivity contribution in [2.45, 2.75) is 13.8 Å². The smallest absolute Gasteiger partial charge is 0.323 e. The van der Waals surface area contributed by atoms with Crippen molar-refractivity contribution in [3.8, 4) is 0 Å². The van der Waals surface area contributed by atoms with E-state index in [0.29, 0.717) is 0 Å². The molecule has 1 aromatic heterocycles. The van der Waals surface area contributed by atoms with E-state index in [9.17, 15) is 0 Å². The zero-order valence-corrected chi connectivity index (χ0v) is 8.44. The van der Waals surface area contributed by atoms with E-state index in [1.807, 2.05) is 38.2 Å². The number of aromatic nitrogens is 1. The summed E-state index contributed by atoms with van der Waals surface area (Å²) >= 11 is 0. The Balaban J connectivity index is 2.94. The number of hydrogen-bond donors (Lipinski definition) is 1. The van der Waals surface area contributed by atoms with Gasteiger partial charge in [-0.2, -0.15) is 0 Å². The maximum atomic E-state index is 5.24. The molecular weight excluding hydrogens is 176 g/mol. The largest absolute Gasteiger partial charge is 0.390 e. The molecule has 0 spiro atoms. The number of aliphatic imine (C=N–C) groups is 2. The van der Waals surface area contributed by atoms with Gasteiger partial charge in [0.25, 0.3) is 0 Å². The molecule has 0 saturated heterocycles. The normalized spacial score (nSPS) is 12.6. The first-order valence-corrected chi connectivity index (χ1v) is 4.53. The van der Waals surface area contributed by atoms with Crippen LogP contribution in [-0.2, 0) is 0 Å². The minimum atomic E-state index is 0.253. The number of amidine groups is 1. The van der Waals surface area contributed by atoms with Crippen molar-refractivity contribution in [2.75, 3.05) is 0 Å². The second-order valence-electron chi connectivity index (χ2n) is 3.15. The fourth-order valence-electron chi connectivity index (χ4n) is 0.960. The standard InChI is InChI=1S/C10H14N4/c1-8(2)10(13-7-11)14-9-5-3-4-6-12-9/h3-8H,1-2H3,(H2,11,12,13,14)/p+1. The van der Waals surface area contributed by atoms with Crippen LogP contribution < -0.4 is 10.7 Å². The predicted molar refractivity (Wildman–Crippen MR) is 57.6 cm³/mol. The van der Waals surface area contributed by atoms with E-state index >= 15 is 0 Å². The maximum absolute atomic E-state index is 5.24. The van der Waals surface area contributed by atoms with Gasteiger partial charge in [0, 0.05) is 12.0 Å². The van der Waals surface area contributed by atoms with Crippen LogP contribution in [0.4, 0.5) is 5.82 Å². The molecule has 1 aromatic rings. The third-order valence-electron chi connectivity index (χ3n) is 1.65. The average Bonchev–Trinajstić information content (AvgIpc) is 2.18. The highest BCUT2D eigenvalue weighted by Crippen LogP contribution is 2.06. The first-order valence-electron chi connectivity index (χ1n) is 4.53. The lowest BCUT2D eigenvalue weighted by atomic mass is 10.2. The summed E-state index contributed by atoms with van der Waals surface area (Å²) < 4.78 is 0. The molecular formula is C10H15N4+. The van der Waals surface area contributed by atoms with Gasteiger partial charge >= 0.3 is 5.82 Å². The van der Waals surface area contributed by atoms with E-state index in [4.69, 9.17) is 5.73 Å². The topological polar surface area (TPSA) is 64.9 Å². The molecule has 0 saturated carbocycles. The minimum Gasteiger partial charge on any atom is -0.390 e. The van der Waals surface area contributed by atoms with Gasteiger partial charge in [-0.3, -0.25) is 0 Å². The molecule has 74 valence electrons. The first-order chi connectivity index (χ1) is 6.74. The third-order valence-corrected chi connectivity index (χ3v) is 1.65. The van der Waals surface area contributed by atoms with Crippen molar-refractivity contribution in [1.82, 2.24) is 0 Å². The van der Waals surface area contributed by atoms with Gasteiger partial charge in [0.15, 0.2) is 0 Å². The number of nitrogens with two attached hydrogens (primary N) is 1. The van der Waals surface area contributed by atoms with Crippen molar-refractivity contribution < 1.29 is 4.98 Å². The number of aromatic amines is 1. The first kappa shape index (κ1) is 10.4. The van der Waals surface area contributed by atoms with Crippen molar-refractivity contribution in [2.24, 2.45) is 21.6 Å². The Morgan fingerprint density at radius 3 is 2.79 bits per heavy atom. The van der Waals surface area contributed by atoms with Gasteiger partial charge in [0.05, 0.1) is 12.5 Å². The minimum absolute atomic E-state index is 0.253. The van der Waals surface area contributed by atoms with E-state index < -0.39 is 0 Å². The summed E-state index contributed by atoms with van der Waals surface area (Å²) in [6, 6.07) is 5.70. The Morgan fingerprint density at radius 2 is 2.29 bits per heavy atom. The average molecular weight is 191 g/mol. The fourth-order valence-corrected chi connectivity index (χ4v) is 0.960. The SMILES string of the molecule is CC(C)C(N=CN)=Nc1cccc[nH+]1. The van der Waals surface area contributed by atoms with Gasteiger partial charge in [-0.05, 0) is 11.1 Å². The molecule has 0 aliphatic heterocycles. The van der Waals surface area contributed by atoms with Crippen LogP contribution in [-0.4, -0.2) is 12.2 Å². The molecule has 0 aliphatic carbocycles. The van der Waals surface area contributed by atoms with Crippen molar-refractivity contribution in [1.29, 1.82) is 0 Å². The van der Waals surface area contributed by atoms with Crippen molar-refractivity contribution >= 4 is 18.0 Å². The summed E-state index contributed by atoms with van der Waals surface area (Å²) in [6.45, 7) is 4.05. The second kappa shape index (κ2) is 5.11. The van der Waals surface area contributed by atoms with Crippen LogP contribution in [0.1, 0.15) is 13.8 Å². The number of nitrogens with one attached hydrogen (secondary N) is 1. The van der Waals surface area contributed by atoms with Crippen LogP contribution >= 0.6 is 0 Å². The number of pyridine rings is 1. The van der Waals surface area contributed by atoms with Crippen LogP contribution in [0.3, 0.4) is 0 Å². The van der Waals surface area contributed by atoms with Crippen molar-refractivity contribution in [3.63, 3.8) is 0 Å². The molecule has 0 unspecified atom stereocenters. The van der Waals surface area contributed by atoms with Crippen molar-refractivity contribution in [3.05, 3.63) is 24.4 Å². The molecule has 3 N–H and O–H groups in total. The predicted octanol–water partition coefficient (Wildman–Crippen LogP) is 1.17. The monoisotopic (exact) mass is 191 g/mol. The molecule has 0 aliphatic rings. The molecule has 0 bridgehead atoms. The van der Waals surface area contributed by atoms with Gasteiger partial charge in [-0.1, -0.05) is 19.9 Å². The molecule has 1 rings (SSSR count). The molecule has 0 aromatic carbocycles. The van der Waals surface area contributed by atoms with Gasteiger partial charge in [-0.25, -0.2) is 9.98 Å². The van der Waals surface area contributed by atoms with Gasteiger partial charge < -0.3 is 5.73 Å². The zero-order chi connectivity index (χ0) is 10.4. The number of rotatable bonds is 2. The molecule has 0 atom stereocenters. The summed E-state index contributed by atoms with van der Waals surface area (Å²) in [5, 5.41) is 0. The Morgan fingerprint density at radius 1 is 1.50 bits per heavy atom. The molecule has 0 amide bonds. The van der Waals surface area contributed by atoms with Gasteiger partial charge in [0.1, 0.15) is 0 Å². The molecule has 0 radical (unpaired) electrons. The lowest BCUT2D eigenvalue weighted by Gasteiger charge is -1.96. The van der Waals surface area contributed by atoms with Crippen LogP contribution in [0.25, 0.3) is 0 Å². The van der Waals surface area contributed by atoms with Gasteiger partial charge in [-0.15, -0.1) is 0 Å². The third kappa shape index (κ3) is 2.97. The van der Waals surface area contributed by atoms with E-state index in [1.54, 1.807) is 0 Å². The lowest BCUT2D eigenvalue weighted by Crippen LogP contribution is -2.09. The number of H-pyrrole nitrogens is 1. The van der Waals surface area contributed by atoms with E-state index in [0.717, 1.165) is 11.7 Å². The summed E-state index contributed by atoms with van der Waals surface area (Å²) in [6.07, 6.45) is 3.09. The number of nitrogens with zero attached hydrogens (tertiary/aromatic N) is 2. The highest BCUT2D eigenvalue weighted by molar-refractivity contribution is 5.91. The zero-order valence-electron chi connectivity index (χ0n) is 8.44. The number of hydrogen-bond acceptors (Lipinski definition) is 1. The molecule has 14 heavy (non-hydrogen) atoms. The summed E-state index contributed by atoms with van der Waals surface area (Å²) in [4.78, 5) is 11.3. The van der Waals surface area contributed by atoms with E-state index in [-0.39, 0.29) is 5.92 Å². The highest BCUT2D eigenvalue weighted by atomic mass is 15.0. The quantitative estimate of drug-likeness (QED) is 0.553. The fraction of sp³-hybridized carbons (Fsp3) is 0.300. The Kier molecular flexibility index (Phi) is 3.79. The lowest BCUT2D eigenvalue weighted by molar-refractivity contribution is -0.362. The molecule has 1 heterocycles. The molecule has 0 fully saturated rings. The summed E-state index contributed by atoms with van der Waals surface area (Å²) in [5.41, 5.74) is 5.24. The second-order valence-corrected chi connectivity index (χ2v) is 3.15. The van der Waals surface area contributed by atoms with E-state index in [2.05, 4.69) is 15.0 Å². The van der Waals surface area contributed by atoms with Crippen LogP contribution in [0.2, 0.25) is 0 Å². The van der Waals surface area contributed by atoms with Crippen LogP contribution in [0.5, 0.6) is 0 Å². The Hall–Kier alpha value is -1.71. The van der Waals surface area contributed by atoms with Crippen LogP contribution in [0.15, 0.2) is 34.4 Å². The Bertz CT molecular complexity index is 327. The van der Waals surface area contributed by atoms with Crippen LogP contribution in [0, 0.1) is 5.92 Å². The maximum Gasteiger partial charge on any atom is 0.323 e. The Labute approximate surface area is 83.6 Å². The summed E-state index contributed by atoms with van der Waals surface area (Å²) in [7, 11) is 0. The summed E-state index contributed by atoms with van der Waals surface area (Å²) in [5.74, 6) is 1.75.